The average molecular weight is 253 g/mol. The molecule has 2 aromatic heterocycles. The van der Waals surface area contributed by atoms with Crippen molar-refractivity contribution in [2.45, 2.75) is 32.6 Å². The van der Waals surface area contributed by atoms with E-state index in [9.17, 15) is 4.79 Å². The number of H-pyrrole nitrogens is 1. The molecule has 0 fully saturated rings. The zero-order chi connectivity index (χ0) is 13.0. The third kappa shape index (κ3) is 1.54. The zero-order valence-electron chi connectivity index (χ0n) is 10.9. The fourth-order valence-corrected chi connectivity index (χ4v) is 3.22. The normalized spacial score (nSPS) is 15.0. The molecule has 3 nitrogen and oxygen atoms in total. The van der Waals surface area contributed by atoms with Gasteiger partial charge in [-0.15, -0.1) is 0 Å². The van der Waals surface area contributed by atoms with Crippen LogP contribution in [-0.4, -0.2) is 4.98 Å². The van der Waals surface area contributed by atoms with E-state index in [1.54, 1.807) is 6.07 Å². The molecule has 0 atom stereocenters. The predicted molar refractivity (Wildman–Crippen MR) is 75.7 cm³/mol. The summed E-state index contributed by atoms with van der Waals surface area (Å²) in [4.78, 5) is 14.9. The van der Waals surface area contributed by atoms with E-state index in [0.717, 1.165) is 29.3 Å². The van der Waals surface area contributed by atoms with Crippen molar-refractivity contribution in [2.24, 2.45) is 0 Å². The van der Waals surface area contributed by atoms with Gasteiger partial charge in [0, 0.05) is 34.1 Å². The Morgan fingerprint density at radius 2 is 1.95 bits per heavy atom. The summed E-state index contributed by atoms with van der Waals surface area (Å²) in [6.45, 7) is 1.96. The molecule has 2 heterocycles. The highest BCUT2D eigenvalue weighted by Gasteiger charge is 2.16. The standard InChI is InChI=1S/C16H15NO2/c1-9-6-16(18)19-15-8-14-12(7-11(9)15)10-4-2-3-5-13(10)17-14/h6-8,17H,2-5H2,1H3. The summed E-state index contributed by atoms with van der Waals surface area (Å²) in [7, 11) is 0. The molecule has 96 valence electrons. The first-order chi connectivity index (χ1) is 9.22. The number of rotatable bonds is 0. The van der Waals surface area contributed by atoms with Gasteiger partial charge < -0.3 is 9.40 Å². The lowest BCUT2D eigenvalue weighted by atomic mass is 9.95. The molecular formula is C16H15NO2. The summed E-state index contributed by atoms with van der Waals surface area (Å²) in [5.41, 5.74) is 5.29. The molecule has 0 aliphatic heterocycles. The Morgan fingerprint density at radius 3 is 2.84 bits per heavy atom. The van der Waals surface area contributed by atoms with Crippen LogP contribution in [0.1, 0.15) is 29.7 Å². The summed E-state index contributed by atoms with van der Waals surface area (Å²) in [6.07, 6.45) is 4.80. The Balaban J connectivity index is 2.14. The molecular weight excluding hydrogens is 238 g/mol. The van der Waals surface area contributed by atoms with Crippen LogP contribution >= 0.6 is 0 Å². The maximum absolute atomic E-state index is 11.5. The van der Waals surface area contributed by atoms with Crippen molar-refractivity contribution in [1.29, 1.82) is 0 Å². The SMILES string of the molecule is Cc1cc(=O)oc2cc3[nH]c4c(c3cc12)CCCC4. The molecule has 0 amide bonds. The average Bonchev–Trinajstić information content (AvgIpc) is 2.74. The summed E-state index contributed by atoms with van der Waals surface area (Å²) >= 11 is 0. The van der Waals surface area contributed by atoms with Gasteiger partial charge in [0.15, 0.2) is 0 Å². The molecule has 3 heteroatoms. The molecule has 0 saturated heterocycles. The van der Waals surface area contributed by atoms with Crippen molar-refractivity contribution in [2.75, 3.05) is 0 Å². The third-order valence-electron chi connectivity index (χ3n) is 4.17. The maximum atomic E-state index is 11.5. The van der Waals surface area contributed by atoms with E-state index in [0.29, 0.717) is 5.58 Å². The second-order valence-corrected chi connectivity index (χ2v) is 5.43. The van der Waals surface area contributed by atoms with Crippen molar-refractivity contribution < 1.29 is 4.42 Å². The molecule has 0 spiro atoms. The molecule has 1 aliphatic carbocycles. The highest BCUT2D eigenvalue weighted by molar-refractivity contribution is 5.97. The largest absolute Gasteiger partial charge is 0.423 e. The van der Waals surface area contributed by atoms with Gasteiger partial charge in [0.2, 0.25) is 0 Å². The summed E-state index contributed by atoms with van der Waals surface area (Å²) in [5, 5.41) is 2.33. The molecule has 19 heavy (non-hydrogen) atoms. The van der Waals surface area contributed by atoms with E-state index in [4.69, 9.17) is 4.42 Å². The van der Waals surface area contributed by atoms with Gasteiger partial charge in [-0.1, -0.05) is 0 Å². The van der Waals surface area contributed by atoms with Gasteiger partial charge in [-0.05, 0) is 49.8 Å². The lowest BCUT2D eigenvalue weighted by Crippen LogP contribution is -2.00. The van der Waals surface area contributed by atoms with E-state index in [1.165, 1.54) is 29.5 Å². The quantitative estimate of drug-likeness (QED) is 0.624. The van der Waals surface area contributed by atoms with Crippen molar-refractivity contribution in [1.82, 2.24) is 4.98 Å². The Labute approximate surface area is 110 Å². The minimum atomic E-state index is -0.277. The number of fused-ring (bicyclic) bond motifs is 4. The third-order valence-corrected chi connectivity index (χ3v) is 4.17. The minimum Gasteiger partial charge on any atom is -0.423 e. The van der Waals surface area contributed by atoms with Crippen LogP contribution < -0.4 is 5.63 Å². The first-order valence-electron chi connectivity index (χ1n) is 6.80. The van der Waals surface area contributed by atoms with Gasteiger partial charge >= 0.3 is 5.63 Å². The van der Waals surface area contributed by atoms with E-state index in [-0.39, 0.29) is 5.63 Å². The first kappa shape index (κ1) is 10.9. The van der Waals surface area contributed by atoms with Crippen molar-refractivity contribution in [3.05, 3.63) is 45.4 Å². The molecule has 1 aliphatic rings. The van der Waals surface area contributed by atoms with Gasteiger partial charge in [-0.2, -0.15) is 0 Å². The predicted octanol–water partition coefficient (Wildman–Crippen LogP) is 3.46. The van der Waals surface area contributed by atoms with E-state index in [1.807, 2.05) is 13.0 Å². The van der Waals surface area contributed by atoms with E-state index >= 15 is 0 Å². The zero-order valence-corrected chi connectivity index (χ0v) is 10.9. The van der Waals surface area contributed by atoms with Crippen LogP contribution in [0, 0.1) is 6.92 Å². The lowest BCUT2D eigenvalue weighted by Gasteiger charge is -2.10. The Hall–Kier alpha value is -2.03. The smallest absolute Gasteiger partial charge is 0.336 e. The van der Waals surface area contributed by atoms with Crippen LogP contribution in [-0.2, 0) is 12.8 Å². The molecule has 0 bridgehead atoms. The van der Waals surface area contributed by atoms with Crippen LogP contribution in [0.4, 0.5) is 0 Å². The Morgan fingerprint density at radius 1 is 1.11 bits per heavy atom. The van der Waals surface area contributed by atoms with Crippen LogP contribution in [0.2, 0.25) is 0 Å². The Bertz CT molecular complexity index is 854. The number of aromatic amines is 1. The Kier molecular flexibility index (Phi) is 2.13. The fourth-order valence-electron chi connectivity index (χ4n) is 3.22. The molecule has 4 rings (SSSR count). The monoisotopic (exact) mass is 253 g/mol. The summed E-state index contributed by atoms with van der Waals surface area (Å²) < 4.78 is 5.31. The maximum Gasteiger partial charge on any atom is 0.336 e. The topological polar surface area (TPSA) is 46.0 Å². The second kappa shape index (κ2) is 3.73. The molecule has 0 unspecified atom stereocenters. The second-order valence-electron chi connectivity index (χ2n) is 5.43. The molecule has 0 saturated carbocycles. The molecule has 1 aromatic carbocycles. The number of hydrogen-bond donors (Lipinski definition) is 1. The summed E-state index contributed by atoms with van der Waals surface area (Å²) in [5.74, 6) is 0. The first-order valence-corrected chi connectivity index (χ1v) is 6.80. The number of aromatic nitrogens is 1. The van der Waals surface area contributed by atoms with Crippen molar-refractivity contribution >= 4 is 21.9 Å². The van der Waals surface area contributed by atoms with Gasteiger partial charge in [0.1, 0.15) is 5.58 Å². The van der Waals surface area contributed by atoms with Gasteiger partial charge in [0.25, 0.3) is 0 Å². The minimum absolute atomic E-state index is 0.277. The van der Waals surface area contributed by atoms with Gasteiger partial charge in [-0.3, -0.25) is 0 Å². The lowest BCUT2D eigenvalue weighted by molar-refractivity contribution is 0.560. The van der Waals surface area contributed by atoms with Crippen LogP contribution in [0.25, 0.3) is 21.9 Å². The van der Waals surface area contributed by atoms with Crippen LogP contribution in [0.15, 0.2) is 27.4 Å². The number of benzene rings is 1. The molecule has 3 aromatic rings. The molecule has 0 radical (unpaired) electrons. The number of aryl methyl sites for hydroxylation is 3. The van der Waals surface area contributed by atoms with Gasteiger partial charge in [-0.25, -0.2) is 4.79 Å². The van der Waals surface area contributed by atoms with Crippen LogP contribution in [0.3, 0.4) is 0 Å². The number of nitrogens with one attached hydrogen (secondary N) is 1. The molecule has 1 N–H and O–H groups in total. The van der Waals surface area contributed by atoms with E-state index in [2.05, 4.69) is 11.1 Å². The highest BCUT2D eigenvalue weighted by Crippen LogP contribution is 2.32. The summed E-state index contributed by atoms with van der Waals surface area (Å²) in [6, 6.07) is 5.70. The van der Waals surface area contributed by atoms with Crippen LogP contribution in [0.5, 0.6) is 0 Å². The highest BCUT2D eigenvalue weighted by atomic mass is 16.4. The van der Waals surface area contributed by atoms with Crippen molar-refractivity contribution in [3.63, 3.8) is 0 Å². The van der Waals surface area contributed by atoms with Gasteiger partial charge in [0.05, 0.1) is 0 Å². The van der Waals surface area contributed by atoms with Crippen molar-refractivity contribution in [3.8, 4) is 0 Å². The fraction of sp³-hybridized carbons (Fsp3) is 0.312. The van der Waals surface area contributed by atoms with E-state index < -0.39 is 0 Å². The number of hydrogen-bond acceptors (Lipinski definition) is 2.